The van der Waals surface area contributed by atoms with Crippen molar-refractivity contribution in [2.24, 2.45) is 5.10 Å². The topological polar surface area (TPSA) is 101 Å². The summed E-state index contributed by atoms with van der Waals surface area (Å²) in [6, 6.07) is 11.1. The lowest BCUT2D eigenvalue weighted by Crippen LogP contribution is -2.03. The van der Waals surface area contributed by atoms with E-state index in [-0.39, 0.29) is 11.3 Å². The number of nitrogens with one attached hydrogen (secondary N) is 2. The summed E-state index contributed by atoms with van der Waals surface area (Å²) in [5.41, 5.74) is 7.31. The quantitative estimate of drug-likeness (QED) is 0.336. The average molecular weight is 428 g/mol. The molecule has 0 fully saturated rings. The van der Waals surface area contributed by atoms with Crippen molar-refractivity contribution in [2.45, 2.75) is 13.8 Å². The number of aryl methyl sites for hydroxylation is 2. The predicted molar refractivity (Wildman–Crippen MR) is 114 cm³/mol. The van der Waals surface area contributed by atoms with Gasteiger partial charge in [0, 0.05) is 16.3 Å². The van der Waals surface area contributed by atoms with Gasteiger partial charge >= 0.3 is 0 Å². The molecule has 10 heteroatoms. The highest BCUT2D eigenvalue weighted by molar-refractivity contribution is 6.36. The Balaban J connectivity index is 1.64. The van der Waals surface area contributed by atoms with Gasteiger partial charge < -0.3 is 5.32 Å². The zero-order valence-electron chi connectivity index (χ0n) is 15.4. The molecule has 0 bridgehead atoms. The molecule has 29 heavy (non-hydrogen) atoms. The molecule has 0 unspecified atom stereocenters. The Morgan fingerprint density at radius 1 is 0.931 bits per heavy atom. The van der Waals surface area contributed by atoms with Crippen LogP contribution in [0.25, 0.3) is 11.3 Å². The zero-order valence-corrected chi connectivity index (χ0v) is 17.0. The van der Waals surface area contributed by atoms with Crippen LogP contribution in [-0.4, -0.2) is 26.5 Å². The first kappa shape index (κ1) is 19.1. The smallest absolute Gasteiger partial charge is 0.245 e. The average Bonchev–Trinajstić information content (AvgIpc) is 3.14. The molecule has 8 nitrogen and oxygen atoms in total. The van der Waals surface area contributed by atoms with Gasteiger partial charge in [0.05, 0.1) is 11.2 Å². The summed E-state index contributed by atoms with van der Waals surface area (Å²) >= 11 is 12.1. The van der Waals surface area contributed by atoms with Gasteiger partial charge in [-0.15, -0.1) is 0 Å². The van der Waals surface area contributed by atoms with Crippen molar-refractivity contribution in [1.82, 2.24) is 20.3 Å². The van der Waals surface area contributed by atoms with E-state index in [2.05, 4.69) is 43.0 Å². The number of hydrogen-bond acceptors (Lipinski definition) is 8. The van der Waals surface area contributed by atoms with Crippen LogP contribution in [0, 0.1) is 13.8 Å². The molecule has 0 saturated heterocycles. The Morgan fingerprint density at radius 3 is 2.41 bits per heavy atom. The number of anilines is 3. The van der Waals surface area contributed by atoms with Crippen LogP contribution < -0.4 is 10.7 Å². The molecule has 4 aromatic rings. The Hall–Kier alpha value is -3.23. The third-order valence-corrected chi connectivity index (χ3v) is 4.78. The fourth-order valence-electron chi connectivity index (χ4n) is 2.53. The molecule has 0 radical (unpaired) electrons. The standard InChI is InChI=1S/C19H15Cl2N7O/c1-10-3-6-14(7-11(10)2)23-16-17(25-19-18(24-16)27-29-28-19)26-22-9-12-4-5-13(20)8-15(12)21/h3-9H,1-2H3,(H,23,24,27)(H,25,26,28)/b22-9+. The van der Waals surface area contributed by atoms with Crippen molar-refractivity contribution >= 4 is 58.0 Å². The van der Waals surface area contributed by atoms with E-state index in [1.165, 1.54) is 5.56 Å². The van der Waals surface area contributed by atoms with Gasteiger partial charge in [0.1, 0.15) is 0 Å². The minimum atomic E-state index is 0.262. The third kappa shape index (κ3) is 4.28. The number of benzene rings is 2. The second-order valence-electron chi connectivity index (χ2n) is 6.29. The number of halogens is 2. The normalized spacial score (nSPS) is 11.3. The van der Waals surface area contributed by atoms with Gasteiger partial charge in [0.2, 0.25) is 11.3 Å². The molecule has 4 rings (SSSR count). The summed E-state index contributed by atoms with van der Waals surface area (Å²) in [6.07, 6.45) is 1.56. The van der Waals surface area contributed by atoms with E-state index in [0.717, 1.165) is 11.3 Å². The molecule has 2 N–H and O–H groups in total. The summed E-state index contributed by atoms with van der Waals surface area (Å²) in [6.45, 7) is 4.09. The first-order chi connectivity index (χ1) is 14.0. The second-order valence-corrected chi connectivity index (χ2v) is 7.14. The highest BCUT2D eigenvalue weighted by Crippen LogP contribution is 2.25. The molecule has 2 aromatic carbocycles. The molecule has 0 saturated carbocycles. The summed E-state index contributed by atoms with van der Waals surface area (Å²) in [4.78, 5) is 8.78. The minimum Gasteiger partial charge on any atom is -0.337 e. The van der Waals surface area contributed by atoms with Crippen LogP contribution in [0.15, 0.2) is 46.1 Å². The van der Waals surface area contributed by atoms with Crippen LogP contribution in [0.2, 0.25) is 10.0 Å². The van der Waals surface area contributed by atoms with Crippen LogP contribution in [0.4, 0.5) is 17.3 Å². The first-order valence-corrected chi connectivity index (χ1v) is 9.34. The number of fused-ring (bicyclic) bond motifs is 1. The van der Waals surface area contributed by atoms with Gasteiger partial charge in [-0.25, -0.2) is 9.61 Å². The highest BCUT2D eigenvalue weighted by atomic mass is 35.5. The van der Waals surface area contributed by atoms with Crippen LogP contribution in [-0.2, 0) is 0 Å². The van der Waals surface area contributed by atoms with Gasteiger partial charge in [0.15, 0.2) is 11.6 Å². The molecular weight excluding hydrogens is 413 g/mol. The van der Waals surface area contributed by atoms with Crippen LogP contribution >= 0.6 is 23.2 Å². The second kappa shape index (κ2) is 8.02. The maximum absolute atomic E-state index is 6.17. The van der Waals surface area contributed by atoms with Gasteiger partial charge in [-0.3, -0.25) is 5.43 Å². The highest BCUT2D eigenvalue weighted by Gasteiger charge is 2.13. The van der Waals surface area contributed by atoms with Crippen molar-refractivity contribution < 1.29 is 4.63 Å². The molecule has 0 aliphatic carbocycles. The lowest BCUT2D eigenvalue weighted by molar-refractivity contribution is 0.314. The molecule has 0 atom stereocenters. The summed E-state index contributed by atoms with van der Waals surface area (Å²) in [5, 5.41) is 15.9. The lowest BCUT2D eigenvalue weighted by Gasteiger charge is -2.10. The monoisotopic (exact) mass is 427 g/mol. The van der Waals surface area contributed by atoms with Crippen molar-refractivity contribution in [3.05, 3.63) is 63.1 Å². The van der Waals surface area contributed by atoms with E-state index in [4.69, 9.17) is 27.8 Å². The zero-order chi connectivity index (χ0) is 20.4. The maximum atomic E-state index is 6.17. The number of rotatable bonds is 5. The van der Waals surface area contributed by atoms with Gasteiger partial charge in [0.25, 0.3) is 0 Å². The van der Waals surface area contributed by atoms with Crippen LogP contribution in [0.5, 0.6) is 0 Å². The largest absolute Gasteiger partial charge is 0.337 e. The van der Waals surface area contributed by atoms with E-state index < -0.39 is 0 Å². The summed E-state index contributed by atoms with van der Waals surface area (Å²) < 4.78 is 4.71. The van der Waals surface area contributed by atoms with Crippen LogP contribution in [0.1, 0.15) is 16.7 Å². The van der Waals surface area contributed by atoms with Gasteiger partial charge in [-0.1, -0.05) is 35.3 Å². The third-order valence-electron chi connectivity index (χ3n) is 4.22. The van der Waals surface area contributed by atoms with Crippen LogP contribution in [0.3, 0.4) is 0 Å². The van der Waals surface area contributed by atoms with Crippen molar-refractivity contribution in [3.63, 3.8) is 0 Å². The molecule has 2 aromatic heterocycles. The van der Waals surface area contributed by atoms with E-state index in [1.54, 1.807) is 24.4 Å². The van der Waals surface area contributed by atoms with Crippen molar-refractivity contribution in [3.8, 4) is 0 Å². The molecule has 2 heterocycles. The Kier molecular flexibility index (Phi) is 5.28. The van der Waals surface area contributed by atoms with E-state index in [1.807, 2.05) is 25.1 Å². The molecule has 0 aliphatic rings. The van der Waals surface area contributed by atoms with E-state index >= 15 is 0 Å². The summed E-state index contributed by atoms with van der Waals surface area (Å²) in [5.74, 6) is 0.781. The maximum Gasteiger partial charge on any atom is 0.245 e. The number of hydrogen-bond donors (Lipinski definition) is 2. The summed E-state index contributed by atoms with van der Waals surface area (Å²) in [7, 11) is 0. The Bertz CT molecular complexity index is 1220. The lowest BCUT2D eigenvalue weighted by atomic mass is 10.1. The SMILES string of the molecule is Cc1ccc(Nc2nc3nonc3nc2N/N=C/c2ccc(Cl)cc2Cl)cc1C. The minimum absolute atomic E-state index is 0.262. The van der Waals surface area contributed by atoms with Crippen molar-refractivity contribution in [2.75, 3.05) is 10.7 Å². The fourth-order valence-corrected chi connectivity index (χ4v) is 2.99. The number of aromatic nitrogens is 4. The first-order valence-electron chi connectivity index (χ1n) is 8.58. The fraction of sp³-hybridized carbons (Fsp3) is 0.105. The molecule has 0 aliphatic heterocycles. The van der Waals surface area contributed by atoms with Crippen molar-refractivity contribution in [1.29, 1.82) is 0 Å². The van der Waals surface area contributed by atoms with E-state index in [0.29, 0.717) is 27.2 Å². The number of nitrogens with zero attached hydrogens (tertiary/aromatic N) is 5. The molecule has 0 amide bonds. The Labute approximate surface area is 175 Å². The molecular formula is C19H15Cl2N7O. The van der Waals surface area contributed by atoms with Gasteiger partial charge in [-0.05, 0) is 59.6 Å². The molecule has 0 spiro atoms. The Morgan fingerprint density at radius 2 is 1.69 bits per heavy atom. The molecule has 146 valence electrons. The van der Waals surface area contributed by atoms with E-state index in [9.17, 15) is 0 Å². The number of hydrazone groups is 1. The predicted octanol–water partition coefficient (Wildman–Crippen LogP) is 5.13. The van der Waals surface area contributed by atoms with Gasteiger partial charge in [-0.2, -0.15) is 10.1 Å².